The Hall–Kier alpha value is -1.58. The Bertz CT molecular complexity index is 305. The first-order valence-electron chi connectivity index (χ1n) is 3.39. The van der Waals surface area contributed by atoms with E-state index >= 15 is 0 Å². The quantitative estimate of drug-likeness (QED) is 0.562. The smallest absolute Gasteiger partial charge is 0.220 e. The van der Waals surface area contributed by atoms with Crippen LogP contribution < -0.4 is 11.1 Å². The van der Waals surface area contributed by atoms with Crippen molar-refractivity contribution in [1.29, 1.82) is 0 Å². The summed E-state index contributed by atoms with van der Waals surface area (Å²) in [6, 6.07) is 0. The van der Waals surface area contributed by atoms with E-state index in [1.54, 1.807) is 6.20 Å². The molecule has 0 atom stereocenters. The molecule has 0 fully saturated rings. The minimum atomic E-state index is 0.317. The summed E-state index contributed by atoms with van der Waals surface area (Å²) in [6.07, 6.45) is 5.62. The van der Waals surface area contributed by atoms with Gasteiger partial charge in [-0.25, -0.2) is 9.97 Å². The fourth-order valence-electron chi connectivity index (χ4n) is 1.01. The van der Waals surface area contributed by atoms with E-state index in [1.807, 2.05) is 12.2 Å². The second-order valence-electron chi connectivity index (χ2n) is 2.31. The van der Waals surface area contributed by atoms with Crippen LogP contribution >= 0.6 is 0 Å². The highest BCUT2D eigenvalue weighted by Crippen LogP contribution is 2.16. The average molecular weight is 148 g/mol. The molecule has 3 N–H and O–H groups in total. The van der Waals surface area contributed by atoms with Gasteiger partial charge in [0.1, 0.15) is 0 Å². The highest BCUT2D eigenvalue weighted by molar-refractivity contribution is 5.66. The molecule has 1 aliphatic rings. The maximum atomic E-state index is 5.40. The van der Waals surface area contributed by atoms with Crippen LogP contribution in [-0.2, 0) is 0 Å². The molecular formula is C7H8N4. The van der Waals surface area contributed by atoms with Crippen molar-refractivity contribution in [3.63, 3.8) is 0 Å². The first-order chi connectivity index (χ1) is 5.36. The van der Waals surface area contributed by atoms with Crippen molar-refractivity contribution in [3.8, 4) is 0 Å². The summed E-state index contributed by atoms with van der Waals surface area (Å²) < 4.78 is 0. The van der Waals surface area contributed by atoms with Crippen LogP contribution in [0.3, 0.4) is 0 Å². The van der Waals surface area contributed by atoms with E-state index in [0.717, 1.165) is 17.9 Å². The van der Waals surface area contributed by atoms with Gasteiger partial charge in [-0.15, -0.1) is 0 Å². The Morgan fingerprint density at radius 3 is 3.36 bits per heavy atom. The molecule has 4 heteroatoms. The summed E-state index contributed by atoms with van der Waals surface area (Å²) in [4.78, 5) is 7.89. The third-order valence-electron chi connectivity index (χ3n) is 1.52. The molecule has 0 aromatic carbocycles. The van der Waals surface area contributed by atoms with Crippen LogP contribution in [0.2, 0.25) is 0 Å². The molecule has 0 saturated heterocycles. The van der Waals surface area contributed by atoms with Gasteiger partial charge in [0.15, 0.2) is 0 Å². The lowest BCUT2D eigenvalue weighted by atomic mass is 10.2. The number of hydrogen-bond donors (Lipinski definition) is 2. The van der Waals surface area contributed by atoms with E-state index in [2.05, 4.69) is 15.3 Å². The summed E-state index contributed by atoms with van der Waals surface area (Å²) in [6.45, 7) is 0.834. The highest BCUT2D eigenvalue weighted by atomic mass is 15.0. The lowest BCUT2D eigenvalue weighted by Gasteiger charge is -2.10. The molecule has 0 aliphatic carbocycles. The predicted octanol–water partition coefficient (Wildman–Crippen LogP) is 0.497. The van der Waals surface area contributed by atoms with Gasteiger partial charge in [0, 0.05) is 6.54 Å². The zero-order valence-electron chi connectivity index (χ0n) is 5.91. The van der Waals surface area contributed by atoms with Crippen LogP contribution in [-0.4, -0.2) is 16.5 Å². The molecular weight excluding hydrogens is 140 g/mol. The molecule has 56 valence electrons. The lowest BCUT2D eigenvalue weighted by Crippen LogP contribution is -2.08. The Labute approximate surface area is 64.2 Å². The fourth-order valence-corrected chi connectivity index (χ4v) is 1.01. The number of hydrogen-bond acceptors (Lipinski definition) is 4. The first kappa shape index (κ1) is 6.15. The molecule has 11 heavy (non-hydrogen) atoms. The van der Waals surface area contributed by atoms with Gasteiger partial charge >= 0.3 is 0 Å². The van der Waals surface area contributed by atoms with Crippen LogP contribution in [0.1, 0.15) is 5.69 Å². The van der Waals surface area contributed by atoms with E-state index in [1.165, 1.54) is 0 Å². The van der Waals surface area contributed by atoms with Crippen LogP contribution in [0.15, 0.2) is 12.3 Å². The van der Waals surface area contributed by atoms with Crippen molar-refractivity contribution in [1.82, 2.24) is 9.97 Å². The summed E-state index contributed by atoms with van der Waals surface area (Å²) in [5.41, 5.74) is 7.21. The van der Waals surface area contributed by atoms with Gasteiger partial charge in [-0.05, 0) is 6.08 Å². The summed E-state index contributed by atoms with van der Waals surface area (Å²) >= 11 is 0. The minimum absolute atomic E-state index is 0.317. The summed E-state index contributed by atoms with van der Waals surface area (Å²) in [5, 5.41) is 3.12. The second kappa shape index (κ2) is 2.23. The summed E-state index contributed by atoms with van der Waals surface area (Å²) in [5.74, 6) is 0.317. The second-order valence-corrected chi connectivity index (χ2v) is 2.31. The highest BCUT2D eigenvalue weighted by Gasteiger charge is 2.04. The fraction of sp³-hybridized carbons (Fsp3) is 0.143. The maximum Gasteiger partial charge on any atom is 0.220 e. The maximum absolute atomic E-state index is 5.40. The van der Waals surface area contributed by atoms with Gasteiger partial charge in [-0.3, -0.25) is 0 Å². The molecule has 0 bridgehead atoms. The van der Waals surface area contributed by atoms with E-state index in [4.69, 9.17) is 5.73 Å². The SMILES string of the molecule is Nc1ncc2c(n1)C=CCN2. The number of nitrogens with zero attached hydrogens (tertiary/aromatic N) is 2. The first-order valence-corrected chi connectivity index (χ1v) is 3.39. The number of rotatable bonds is 0. The number of nitrogen functional groups attached to an aromatic ring is 1. The molecule has 1 aliphatic heterocycles. The molecule has 4 nitrogen and oxygen atoms in total. The molecule has 0 unspecified atom stereocenters. The van der Waals surface area contributed by atoms with E-state index < -0.39 is 0 Å². The van der Waals surface area contributed by atoms with Crippen LogP contribution in [0.4, 0.5) is 11.6 Å². The van der Waals surface area contributed by atoms with Crippen molar-refractivity contribution in [3.05, 3.63) is 18.0 Å². The zero-order valence-corrected chi connectivity index (χ0v) is 5.91. The Kier molecular flexibility index (Phi) is 1.25. The standard InChI is InChI=1S/C7H8N4/c8-7-10-4-6-5(11-7)2-1-3-9-6/h1-2,4,9H,3H2,(H2,8,10,11). The van der Waals surface area contributed by atoms with E-state index in [-0.39, 0.29) is 0 Å². The molecule has 2 rings (SSSR count). The monoisotopic (exact) mass is 148 g/mol. The van der Waals surface area contributed by atoms with Crippen molar-refractivity contribution in [2.45, 2.75) is 0 Å². The minimum Gasteiger partial charge on any atom is -0.379 e. The van der Waals surface area contributed by atoms with Gasteiger partial charge in [-0.2, -0.15) is 0 Å². The van der Waals surface area contributed by atoms with Gasteiger partial charge in [0.05, 0.1) is 17.6 Å². The zero-order chi connectivity index (χ0) is 7.68. The number of aromatic nitrogens is 2. The molecule has 0 spiro atoms. The summed E-state index contributed by atoms with van der Waals surface area (Å²) in [7, 11) is 0. The third kappa shape index (κ3) is 1.02. The topological polar surface area (TPSA) is 63.8 Å². The van der Waals surface area contributed by atoms with Crippen LogP contribution in [0.25, 0.3) is 6.08 Å². The molecule has 0 radical (unpaired) electrons. The Balaban J connectivity index is 2.54. The van der Waals surface area contributed by atoms with Crippen molar-refractivity contribution in [2.75, 3.05) is 17.6 Å². The third-order valence-corrected chi connectivity index (χ3v) is 1.52. The van der Waals surface area contributed by atoms with Gasteiger partial charge < -0.3 is 11.1 Å². The number of fused-ring (bicyclic) bond motifs is 1. The van der Waals surface area contributed by atoms with Crippen LogP contribution in [0.5, 0.6) is 0 Å². The average Bonchev–Trinajstić information content (AvgIpc) is 2.04. The van der Waals surface area contributed by atoms with Crippen molar-refractivity contribution < 1.29 is 0 Å². The number of nitrogens with one attached hydrogen (secondary N) is 1. The Morgan fingerprint density at radius 2 is 2.45 bits per heavy atom. The van der Waals surface area contributed by atoms with Gasteiger partial charge in [0.25, 0.3) is 0 Å². The van der Waals surface area contributed by atoms with E-state index in [0.29, 0.717) is 5.95 Å². The van der Waals surface area contributed by atoms with E-state index in [9.17, 15) is 0 Å². The molecule has 1 aromatic heterocycles. The van der Waals surface area contributed by atoms with Crippen molar-refractivity contribution in [2.24, 2.45) is 0 Å². The van der Waals surface area contributed by atoms with Crippen molar-refractivity contribution >= 4 is 17.7 Å². The predicted molar refractivity (Wildman–Crippen MR) is 44.0 cm³/mol. The lowest BCUT2D eigenvalue weighted by molar-refractivity contribution is 1.14. The molecule has 2 heterocycles. The van der Waals surface area contributed by atoms with Gasteiger partial charge in [0.2, 0.25) is 5.95 Å². The normalized spacial score (nSPS) is 13.8. The van der Waals surface area contributed by atoms with Crippen LogP contribution in [0, 0.1) is 0 Å². The molecule has 1 aromatic rings. The number of anilines is 2. The largest absolute Gasteiger partial charge is 0.379 e. The Morgan fingerprint density at radius 1 is 1.55 bits per heavy atom. The van der Waals surface area contributed by atoms with Gasteiger partial charge in [-0.1, -0.05) is 6.08 Å². The molecule has 0 amide bonds. The number of nitrogens with two attached hydrogens (primary N) is 1. The molecule has 0 saturated carbocycles.